The second-order valence-electron chi connectivity index (χ2n) is 5.00. The van der Waals surface area contributed by atoms with Gasteiger partial charge in [0.25, 0.3) is 0 Å². The van der Waals surface area contributed by atoms with Gasteiger partial charge in [0.2, 0.25) is 10.0 Å². The minimum absolute atomic E-state index is 0.00848. The van der Waals surface area contributed by atoms with Crippen molar-refractivity contribution in [3.8, 4) is 0 Å². The van der Waals surface area contributed by atoms with E-state index >= 15 is 0 Å². The molecule has 112 valence electrons. The van der Waals surface area contributed by atoms with E-state index in [0.29, 0.717) is 12.8 Å². The molecule has 5 nitrogen and oxygen atoms in total. The van der Waals surface area contributed by atoms with Crippen molar-refractivity contribution in [1.29, 1.82) is 0 Å². The highest BCUT2D eigenvalue weighted by Gasteiger charge is 2.26. The van der Waals surface area contributed by atoms with Gasteiger partial charge in [-0.3, -0.25) is 0 Å². The van der Waals surface area contributed by atoms with Crippen LogP contribution in [0.4, 0.5) is 10.1 Å². The van der Waals surface area contributed by atoms with E-state index in [1.165, 1.54) is 6.07 Å². The van der Waals surface area contributed by atoms with E-state index in [-0.39, 0.29) is 28.7 Å². The summed E-state index contributed by atoms with van der Waals surface area (Å²) in [5, 5.41) is 9.40. The van der Waals surface area contributed by atoms with Crippen molar-refractivity contribution < 1.29 is 17.9 Å². The summed E-state index contributed by atoms with van der Waals surface area (Å²) < 4.78 is 40.5. The van der Waals surface area contributed by atoms with Gasteiger partial charge in [-0.25, -0.2) is 17.5 Å². The van der Waals surface area contributed by atoms with Crippen molar-refractivity contribution in [3.63, 3.8) is 0 Å². The van der Waals surface area contributed by atoms with Gasteiger partial charge in [0.05, 0.1) is 10.6 Å². The summed E-state index contributed by atoms with van der Waals surface area (Å²) in [6, 6.07) is 2.40. The lowest BCUT2D eigenvalue weighted by atomic mass is 10.1. The number of sulfonamides is 1. The largest absolute Gasteiger partial charge is 0.399 e. The third kappa shape index (κ3) is 3.49. The van der Waals surface area contributed by atoms with Crippen LogP contribution in [0, 0.1) is 11.7 Å². The lowest BCUT2D eigenvalue weighted by Gasteiger charge is -2.13. The Bertz CT molecular complexity index is 609. The highest BCUT2D eigenvalue weighted by molar-refractivity contribution is 9.10. The first kappa shape index (κ1) is 15.7. The number of benzene rings is 1. The van der Waals surface area contributed by atoms with Crippen molar-refractivity contribution in [2.75, 3.05) is 12.3 Å². The van der Waals surface area contributed by atoms with Gasteiger partial charge in [0.15, 0.2) is 5.82 Å². The fourth-order valence-corrected chi connectivity index (χ4v) is 4.18. The summed E-state index contributed by atoms with van der Waals surface area (Å²) in [5.41, 5.74) is 5.70. The predicted molar refractivity (Wildman–Crippen MR) is 77.0 cm³/mol. The van der Waals surface area contributed by atoms with Gasteiger partial charge in [0.1, 0.15) is 4.90 Å². The Morgan fingerprint density at radius 1 is 1.45 bits per heavy atom. The molecular formula is C12H16BrFN2O3S. The standard InChI is InChI=1S/C12H16BrFN2O3S/c13-10-4-8(15)5-11(12(10)14)20(18,19)16-6-7-1-2-9(17)3-7/h4-5,7,9,16-17H,1-3,6,15H2. The number of hydrogen-bond acceptors (Lipinski definition) is 4. The Balaban J connectivity index is 2.14. The molecule has 0 heterocycles. The van der Waals surface area contributed by atoms with Crippen LogP contribution in [0.1, 0.15) is 19.3 Å². The highest BCUT2D eigenvalue weighted by atomic mass is 79.9. The summed E-state index contributed by atoms with van der Waals surface area (Å²) in [7, 11) is -3.96. The van der Waals surface area contributed by atoms with Crippen LogP contribution in [-0.4, -0.2) is 26.2 Å². The third-order valence-corrected chi connectivity index (χ3v) is 5.38. The molecule has 0 aromatic heterocycles. The Hall–Kier alpha value is -0.700. The van der Waals surface area contributed by atoms with E-state index in [4.69, 9.17) is 5.73 Å². The van der Waals surface area contributed by atoms with E-state index in [9.17, 15) is 17.9 Å². The first-order valence-electron chi connectivity index (χ1n) is 6.22. The molecule has 1 aliphatic carbocycles. The fourth-order valence-electron chi connectivity index (χ4n) is 2.32. The monoisotopic (exact) mass is 366 g/mol. The first-order chi connectivity index (χ1) is 9.29. The highest BCUT2D eigenvalue weighted by Crippen LogP contribution is 2.27. The summed E-state index contributed by atoms with van der Waals surface area (Å²) in [4.78, 5) is -0.470. The number of anilines is 1. The van der Waals surface area contributed by atoms with Crippen LogP contribution in [0.15, 0.2) is 21.5 Å². The number of hydrogen-bond donors (Lipinski definition) is 3. The first-order valence-corrected chi connectivity index (χ1v) is 8.49. The molecule has 1 saturated carbocycles. The van der Waals surface area contributed by atoms with Gasteiger partial charge in [0, 0.05) is 12.2 Å². The van der Waals surface area contributed by atoms with Crippen LogP contribution >= 0.6 is 15.9 Å². The third-order valence-electron chi connectivity index (χ3n) is 3.38. The zero-order valence-electron chi connectivity index (χ0n) is 10.6. The minimum atomic E-state index is -3.96. The molecule has 0 bridgehead atoms. The van der Waals surface area contributed by atoms with E-state index in [1.54, 1.807) is 0 Å². The van der Waals surface area contributed by atoms with Crippen molar-refractivity contribution >= 4 is 31.6 Å². The summed E-state index contributed by atoms with van der Waals surface area (Å²) in [6.45, 7) is 0.186. The number of rotatable bonds is 4. The lowest BCUT2D eigenvalue weighted by molar-refractivity contribution is 0.178. The number of nitrogens with two attached hydrogens (primary N) is 1. The van der Waals surface area contributed by atoms with E-state index < -0.39 is 20.7 Å². The molecule has 2 unspecified atom stereocenters. The zero-order valence-corrected chi connectivity index (χ0v) is 13.0. The van der Waals surface area contributed by atoms with Crippen molar-refractivity contribution in [1.82, 2.24) is 4.72 Å². The van der Waals surface area contributed by atoms with Gasteiger partial charge in [-0.15, -0.1) is 0 Å². The molecule has 0 amide bonds. The molecule has 1 fully saturated rings. The average molecular weight is 367 g/mol. The van der Waals surface area contributed by atoms with Gasteiger partial charge in [-0.05, 0) is 53.2 Å². The van der Waals surface area contributed by atoms with Crippen LogP contribution in [0.2, 0.25) is 0 Å². The van der Waals surface area contributed by atoms with Gasteiger partial charge < -0.3 is 10.8 Å². The molecule has 20 heavy (non-hydrogen) atoms. The van der Waals surface area contributed by atoms with Gasteiger partial charge in [-0.2, -0.15) is 0 Å². The number of nitrogen functional groups attached to an aromatic ring is 1. The Labute approximate surface area is 125 Å². The summed E-state index contributed by atoms with van der Waals surface area (Å²) in [6.07, 6.45) is 1.62. The normalized spacial score (nSPS) is 23.1. The van der Waals surface area contributed by atoms with E-state index in [0.717, 1.165) is 12.5 Å². The molecule has 0 aliphatic heterocycles. The number of nitrogens with one attached hydrogen (secondary N) is 1. The van der Waals surface area contributed by atoms with Crippen LogP contribution < -0.4 is 10.5 Å². The van der Waals surface area contributed by atoms with Crippen LogP contribution in [0.5, 0.6) is 0 Å². The van der Waals surface area contributed by atoms with Crippen LogP contribution in [-0.2, 0) is 10.0 Å². The Kier molecular flexibility index (Phi) is 4.68. The van der Waals surface area contributed by atoms with Crippen LogP contribution in [0.25, 0.3) is 0 Å². The quantitative estimate of drug-likeness (QED) is 0.705. The molecule has 2 rings (SSSR count). The maximum Gasteiger partial charge on any atom is 0.243 e. The molecule has 1 aromatic rings. The van der Waals surface area contributed by atoms with Crippen molar-refractivity contribution in [3.05, 3.63) is 22.4 Å². The summed E-state index contributed by atoms with van der Waals surface area (Å²) >= 11 is 2.93. The molecule has 0 spiro atoms. The van der Waals surface area contributed by atoms with E-state index in [1.807, 2.05) is 0 Å². The number of aliphatic hydroxyl groups excluding tert-OH is 1. The zero-order chi connectivity index (χ0) is 14.9. The Morgan fingerprint density at radius 2 is 2.15 bits per heavy atom. The molecular weight excluding hydrogens is 351 g/mol. The van der Waals surface area contributed by atoms with Crippen molar-refractivity contribution in [2.45, 2.75) is 30.3 Å². The predicted octanol–water partition coefficient (Wildman–Crippen LogP) is 1.61. The molecule has 0 radical (unpaired) electrons. The molecule has 4 N–H and O–H groups in total. The SMILES string of the molecule is Nc1cc(Br)c(F)c(S(=O)(=O)NCC2CCC(O)C2)c1. The fraction of sp³-hybridized carbons (Fsp3) is 0.500. The smallest absolute Gasteiger partial charge is 0.243 e. The average Bonchev–Trinajstić information content (AvgIpc) is 2.77. The number of aliphatic hydroxyl groups is 1. The Morgan fingerprint density at radius 3 is 2.75 bits per heavy atom. The lowest BCUT2D eigenvalue weighted by Crippen LogP contribution is -2.29. The summed E-state index contributed by atoms with van der Waals surface area (Å²) in [5.74, 6) is -0.787. The van der Waals surface area contributed by atoms with Gasteiger partial charge in [-0.1, -0.05) is 0 Å². The maximum absolute atomic E-state index is 13.9. The molecule has 0 saturated heterocycles. The minimum Gasteiger partial charge on any atom is -0.399 e. The molecule has 1 aromatic carbocycles. The second kappa shape index (κ2) is 5.97. The van der Waals surface area contributed by atoms with Crippen molar-refractivity contribution in [2.24, 2.45) is 5.92 Å². The molecule has 1 aliphatic rings. The van der Waals surface area contributed by atoms with Gasteiger partial charge >= 0.3 is 0 Å². The maximum atomic E-state index is 13.9. The molecule has 2 atom stereocenters. The molecule has 8 heteroatoms. The van der Waals surface area contributed by atoms with Crippen LogP contribution in [0.3, 0.4) is 0 Å². The van der Waals surface area contributed by atoms with E-state index in [2.05, 4.69) is 20.7 Å². The number of halogens is 2. The topological polar surface area (TPSA) is 92.4 Å². The second-order valence-corrected chi connectivity index (χ2v) is 7.59.